The van der Waals surface area contributed by atoms with Gasteiger partial charge in [0.25, 0.3) is 5.91 Å². The molecule has 162 valence electrons. The molecule has 0 spiro atoms. The molecule has 3 aromatic rings. The van der Waals surface area contributed by atoms with Crippen LogP contribution in [-0.2, 0) is 12.6 Å². The molecule has 2 heterocycles. The number of likely N-dealkylation sites (tertiary alicyclic amines) is 1. The van der Waals surface area contributed by atoms with Crippen LogP contribution in [0.3, 0.4) is 0 Å². The summed E-state index contributed by atoms with van der Waals surface area (Å²) in [6, 6.07) is 10.2. The van der Waals surface area contributed by atoms with Crippen LogP contribution in [0.4, 0.5) is 17.6 Å². The zero-order chi connectivity index (χ0) is 22.0. The molecular weight excluding hydrogens is 414 g/mol. The molecule has 1 aliphatic rings. The van der Waals surface area contributed by atoms with E-state index >= 15 is 0 Å². The van der Waals surface area contributed by atoms with Crippen molar-refractivity contribution in [2.45, 2.75) is 31.4 Å². The van der Waals surface area contributed by atoms with Crippen molar-refractivity contribution >= 4 is 5.91 Å². The number of hydrogen-bond donors (Lipinski definition) is 0. The molecule has 1 unspecified atom stereocenters. The molecular formula is C22H19F4N3O2. The number of carbonyl (C=O) groups is 1. The lowest BCUT2D eigenvalue weighted by molar-refractivity contribution is -0.137. The summed E-state index contributed by atoms with van der Waals surface area (Å²) in [5.74, 6) is 0.0101. The standard InChI is InChI=1S/C22H19F4N3O2/c23-18-9-3-14(4-10-18)12-19-27-28-20(31-19)16-2-1-11-29(13-16)21(30)15-5-7-17(8-6-15)22(24,25)26/h3-10,16H,1-2,11-13H2. The van der Waals surface area contributed by atoms with Gasteiger partial charge in [-0.25, -0.2) is 4.39 Å². The molecule has 1 amide bonds. The normalized spacial score (nSPS) is 17.0. The first-order valence-electron chi connectivity index (χ1n) is 9.83. The Hall–Kier alpha value is -3.23. The van der Waals surface area contributed by atoms with Crippen molar-refractivity contribution in [3.05, 3.63) is 82.8 Å². The van der Waals surface area contributed by atoms with Gasteiger partial charge in [-0.2, -0.15) is 13.2 Å². The third-order valence-corrected chi connectivity index (χ3v) is 5.27. The monoisotopic (exact) mass is 433 g/mol. The van der Waals surface area contributed by atoms with E-state index in [4.69, 9.17) is 4.42 Å². The fourth-order valence-electron chi connectivity index (χ4n) is 3.63. The molecule has 0 bridgehead atoms. The molecule has 1 fully saturated rings. The Kier molecular flexibility index (Phi) is 5.75. The number of nitrogens with zero attached hydrogens (tertiary/aromatic N) is 3. The number of rotatable bonds is 4. The summed E-state index contributed by atoms with van der Waals surface area (Å²) < 4.78 is 57.0. The third kappa shape index (κ3) is 4.92. The molecule has 0 N–H and O–H groups in total. The smallest absolute Gasteiger partial charge is 0.416 e. The second-order valence-electron chi connectivity index (χ2n) is 7.50. The minimum Gasteiger partial charge on any atom is -0.425 e. The van der Waals surface area contributed by atoms with Gasteiger partial charge in [0, 0.05) is 18.7 Å². The van der Waals surface area contributed by atoms with E-state index in [0.717, 1.165) is 24.1 Å². The molecule has 0 radical (unpaired) electrons. The van der Waals surface area contributed by atoms with Gasteiger partial charge >= 0.3 is 6.18 Å². The van der Waals surface area contributed by atoms with E-state index in [9.17, 15) is 22.4 Å². The van der Waals surface area contributed by atoms with Gasteiger partial charge in [0.1, 0.15) is 5.82 Å². The third-order valence-electron chi connectivity index (χ3n) is 5.27. The lowest BCUT2D eigenvalue weighted by Gasteiger charge is -2.31. The van der Waals surface area contributed by atoms with Crippen molar-refractivity contribution in [2.24, 2.45) is 0 Å². The summed E-state index contributed by atoms with van der Waals surface area (Å²) >= 11 is 0. The Bertz CT molecular complexity index is 1050. The fourth-order valence-corrected chi connectivity index (χ4v) is 3.63. The average molecular weight is 433 g/mol. The number of halogens is 4. The van der Waals surface area contributed by atoms with Crippen LogP contribution < -0.4 is 0 Å². The first-order valence-corrected chi connectivity index (χ1v) is 9.83. The van der Waals surface area contributed by atoms with Gasteiger partial charge in [0.2, 0.25) is 11.8 Å². The molecule has 1 saturated heterocycles. The number of carbonyl (C=O) groups excluding carboxylic acids is 1. The second kappa shape index (κ2) is 8.49. The Morgan fingerprint density at radius 2 is 1.77 bits per heavy atom. The number of benzene rings is 2. The van der Waals surface area contributed by atoms with Gasteiger partial charge in [-0.15, -0.1) is 10.2 Å². The van der Waals surface area contributed by atoms with Crippen molar-refractivity contribution in [1.29, 1.82) is 0 Å². The lowest BCUT2D eigenvalue weighted by atomic mass is 9.97. The highest BCUT2D eigenvalue weighted by Crippen LogP contribution is 2.30. The van der Waals surface area contributed by atoms with Crippen molar-refractivity contribution in [3.8, 4) is 0 Å². The summed E-state index contributed by atoms with van der Waals surface area (Å²) in [7, 11) is 0. The van der Waals surface area contributed by atoms with E-state index in [2.05, 4.69) is 10.2 Å². The highest BCUT2D eigenvalue weighted by molar-refractivity contribution is 5.94. The number of hydrogen-bond acceptors (Lipinski definition) is 4. The quantitative estimate of drug-likeness (QED) is 0.553. The Morgan fingerprint density at radius 1 is 1.06 bits per heavy atom. The van der Waals surface area contributed by atoms with Crippen molar-refractivity contribution in [1.82, 2.24) is 15.1 Å². The van der Waals surface area contributed by atoms with Crippen molar-refractivity contribution < 1.29 is 26.8 Å². The predicted octanol–water partition coefficient (Wildman–Crippen LogP) is 4.84. The summed E-state index contributed by atoms with van der Waals surface area (Å²) in [4.78, 5) is 14.4. The minimum atomic E-state index is -4.44. The first-order chi connectivity index (χ1) is 14.8. The molecule has 1 atom stereocenters. The maximum atomic E-state index is 13.0. The average Bonchev–Trinajstić information content (AvgIpc) is 3.23. The zero-order valence-corrected chi connectivity index (χ0v) is 16.4. The van der Waals surface area contributed by atoms with Crippen LogP contribution in [0.1, 0.15) is 52.0 Å². The van der Waals surface area contributed by atoms with E-state index in [1.807, 2.05) is 0 Å². The van der Waals surface area contributed by atoms with Crippen molar-refractivity contribution in [3.63, 3.8) is 0 Å². The number of piperidine rings is 1. The second-order valence-corrected chi connectivity index (χ2v) is 7.50. The number of aromatic nitrogens is 2. The lowest BCUT2D eigenvalue weighted by Crippen LogP contribution is -2.39. The van der Waals surface area contributed by atoms with Crippen LogP contribution in [0.25, 0.3) is 0 Å². The first kappa shape index (κ1) is 21.0. The summed E-state index contributed by atoms with van der Waals surface area (Å²) in [6.45, 7) is 0.852. The summed E-state index contributed by atoms with van der Waals surface area (Å²) in [5, 5.41) is 8.15. The highest BCUT2D eigenvalue weighted by atomic mass is 19.4. The van der Waals surface area contributed by atoms with Gasteiger partial charge < -0.3 is 9.32 Å². The van der Waals surface area contributed by atoms with Crippen LogP contribution in [0, 0.1) is 5.82 Å². The van der Waals surface area contributed by atoms with Gasteiger partial charge in [0.05, 0.1) is 17.9 Å². The number of amides is 1. The molecule has 1 aromatic heterocycles. The van der Waals surface area contributed by atoms with E-state index in [0.29, 0.717) is 37.7 Å². The largest absolute Gasteiger partial charge is 0.425 e. The molecule has 5 nitrogen and oxygen atoms in total. The Labute approximate surface area is 175 Å². The van der Waals surface area contributed by atoms with Gasteiger partial charge in [-0.05, 0) is 54.8 Å². The Morgan fingerprint density at radius 3 is 2.45 bits per heavy atom. The van der Waals surface area contributed by atoms with Gasteiger partial charge in [-0.1, -0.05) is 12.1 Å². The van der Waals surface area contributed by atoms with Crippen LogP contribution in [0.2, 0.25) is 0 Å². The van der Waals surface area contributed by atoms with E-state index in [1.165, 1.54) is 24.3 Å². The molecule has 1 aliphatic heterocycles. The maximum absolute atomic E-state index is 13.0. The molecule has 31 heavy (non-hydrogen) atoms. The van der Waals surface area contributed by atoms with E-state index < -0.39 is 11.7 Å². The zero-order valence-electron chi connectivity index (χ0n) is 16.4. The summed E-state index contributed by atoms with van der Waals surface area (Å²) in [5.41, 5.74) is 0.246. The number of alkyl halides is 3. The molecule has 9 heteroatoms. The Balaban J connectivity index is 1.42. The highest BCUT2D eigenvalue weighted by Gasteiger charge is 2.32. The molecule has 0 aliphatic carbocycles. The minimum absolute atomic E-state index is 0.151. The van der Waals surface area contributed by atoms with Crippen LogP contribution >= 0.6 is 0 Å². The summed E-state index contributed by atoms with van der Waals surface area (Å²) in [6.07, 6.45) is -2.60. The van der Waals surface area contributed by atoms with Crippen LogP contribution in [0.15, 0.2) is 52.9 Å². The maximum Gasteiger partial charge on any atom is 0.416 e. The van der Waals surface area contributed by atoms with E-state index in [1.54, 1.807) is 17.0 Å². The van der Waals surface area contributed by atoms with Gasteiger partial charge in [0.15, 0.2) is 0 Å². The van der Waals surface area contributed by atoms with Crippen molar-refractivity contribution in [2.75, 3.05) is 13.1 Å². The van der Waals surface area contributed by atoms with Gasteiger partial charge in [-0.3, -0.25) is 4.79 Å². The van der Waals surface area contributed by atoms with Crippen LogP contribution in [-0.4, -0.2) is 34.1 Å². The molecule has 0 saturated carbocycles. The molecule has 2 aromatic carbocycles. The van der Waals surface area contributed by atoms with E-state index in [-0.39, 0.29) is 23.2 Å². The fraction of sp³-hybridized carbons (Fsp3) is 0.318. The predicted molar refractivity (Wildman–Crippen MR) is 103 cm³/mol. The molecule has 4 rings (SSSR count). The van der Waals surface area contributed by atoms with Crippen LogP contribution in [0.5, 0.6) is 0 Å². The SMILES string of the molecule is O=C(c1ccc(C(F)(F)F)cc1)N1CCCC(c2nnc(Cc3ccc(F)cc3)o2)C1. The topological polar surface area (TPSA) is 59.2 Å².